The second kappa shape index (κ2) is 10.9. The second-order valence-electron chi connectivity index (χ2n) is 6.92. The average Bonchev–Trinajstić information content (AvgIpc) is 3.25. The van der Waals surface area contributed by atoms with Crippen molar-refractivity contribution in [2.75, 3.05) is 20.0 Å². The lowest BCUT2D eigenvalue weighted by molar-refractivity contribution is -0.119. The highest BCUT2D eigenvalue weighted by Gasteiger charge is 2.19. The first-order valence-electron chi connectivity index (χ1n) is 10.3. The minimum atomic E-state index is -0.0122. The Kier molecular flexibility index (Phi) is 7.94. The molecule has 164 valence electrons. The lowest BCUT2D eigenvalue weighted by atomic mass is 10.2. The summed E-state index contributed by atoms with van der Waals surface area (Å²) in [5, 5.41) is 12.5. The first-order valence-corrected chi connectivity index (χ1v) is 11.2. The highest BCUT2D eigenvalue weighted by atomic mass is 32.2. The number of methoxy groups -OCH3 is 2. The standard InChI is InChI=1S/C23H28N4O3S/c1-5-17(6-2)24-21(28)15-31-23-26-25-22(16-10-8-7-9-11-16)27(23)18-12-13-19(29-3)20(14-18)30-4/h7-14,17H,5-6,15H2,1-4H3,(H,24,28). The molecule has 3 aromatic rings. The van der Waals surface area contributed by atoms with E-state index in [9.17, 15) is 4.79 Å². The van der Waals surface area contributed by atoms with Crippen molar-refractivity contribution in [1.29, 1.82) is 0 Å². The van der Waals surface area contributed by atoms with E-state index < -0.39 is 0 Å². The molecular weight excluding hydrogens is 412 g/mol. The third kappa shape index (κ3) is 5.38. The maximum atomic E-state index is 12.4. The number of carbonyl (C=O) groups excluding carboxylic acids is 1. The molecule has 2 aromatic carbocycles. The molecule has 1 heterocycles. The summed E-state index contributed by atoms with van der Waals surface area (Å²) >= 11 is 1.36. The number of hydrogen-bond donors (Lipinski definition) is 1. The van der Waals surface area contributed by atoms with Crippen molar-refractivity contribution in [3.8, 4) is 28.6 Å². The van der Waals surface area contributed by atoms with Crippen LogP contribution in [0.2, 0.25) is 0 Å². The number of ether oxygens (including phenoxy) is 2. The zero-order valence-electron chi connectivity index (χ0n) is 18.3. The Balaban J connectivity index is 1.96. The Bertz CT molecular complexity index is 1000. The topological polar surface area (TPSA) is 78.3 Å². The number of rotatable bonds is 10. The van der Waals surface area contributed by atoms with Gasteiger partial charge in [-0.1, -0.05) is 55.9 Å². The van der Waals surface area contributed by atoms with Crippen LogP contribution >= 0.6 is 11.8 Å². The van der Waals surface area contributed by atoms with Gasteiger partial charge in [0.05, 0.1) is 25.7 Å². The maximum Gasteiger partial charge on any atom is 0.230 e. The number of hydrogen-bond acceptors (Lipinski definition) is 6. The van der Waals surface area contributed by atoms with Crippen LogP contribution in [0.4, 0.5) is 0 Å². The van der Waals surface area contributed by atoms with Crippen molar-refractivity contribution < 1.29 is 14.3 Å². The van der Waals surface area contributed by atoms with Crippen LogP contribution in [0.1, 0.15) is 26.7 Å². The number of thioether (sulfide) groups is 1. The van der Waals surface area contributed by atoms with E-state index in [2.05, 4.69) is 29.4 Å². The molecule has 3 rings (SSSR count). The van der Waals surface area contributed by atoms with E-state index in [1.807, 2.05) is 53.1 Å². The lowest BCUT2D eigenvalue weighted by Gasteiger charge is -2.15. The summed E-state index contributed by atoms with van der Waals surface area (Å²) in [5.41, 5.74) is 1.75. The molecule has 0 spiro atoms. The van der Waals surface area contributed by atoms with E-state index in [0.717, 1.165) is 24.1 Å². The van der Waals surface area contributed by atoms with Gasteiger partial charge >= 0.3 is 0 Å². The van der Waals surface area contributed by atoms with Gasteiger partial charge in [-0.3, -0.25) is 9.36 Å². The number of nitrogens with one attached hydrogen (secondary N) is 1. The quantitative estimate of drug-likeness (QED) is 0.472. The Morgan fingerprint density at radius 1 is 1.03 bits per heavy atom. The summed E-state index contributed by atoms with van der Waals surface area (Å²) in [6, 6.07) is 15.7. The van der Waals surface area contributed by atoms with E-state index in [0.29, 0.717) is 22.5 Å². The Hall–Kier alpha value is -3.00. The van der Waals surface area contributed by atoms with Gasteiger partial charge in [0.15, 0.2) is 22.5 Å². The molecule has 1 aromatic heterocycles. The highest BCUT2D eigenvalue weighted by Crippen LogP contribution is 2.33. The van der Waals surface area contributed by atoms with Crippen molar-refractivity contribution in [2.24, 2.45) is 0 Å². The predicted molar refractivity (Wildman–Crippen MR) is 123 cm³/mol. The van der Waals surface area contributed by atoms with Crippen LogP contribution in [0.3, 0.4) is 0 Å². The van der Waals surface area contributed by atoms with E-state index >= 15 is 0 Å². The molecule has 1 amide bonds. The van der Waals surface area contributed by atoms with Gasteiger partial charge < -0.3 is 14.8 Å². The molecule has 0 fully saturated rings. The summed E-state index contributed by atoms with van der Waals surface area (Å²) in [6.45, 7) is 4.14. The third-order valence-corrected chi connectivity index (χ3v) is 5.90. The van der Waals surface area contributed by atoms with Crippen LogP contribution in [0.15, 0.2) is 53.7 Å². The third-order valence-electron chi connectivity index (χ3n) is 4.97. The summed E-state index contributed by atoms with van der Waals surface area (Å²) in [7, 11) is 3.20. The molecule has 0 aliphatic heterocycles. The van der Waals surface area contributed by atoms with Gasteiger partial charge in [-0.05, 0) is 25.0 Å². The molecule has 31 heavy (non-hydrogen) atoms. The number of benzene rings is 2. The highest BCUT2D eigenvalue weighted by molar-refractivity contribution is 7.99. The molecule has 0 radical (unpaired) electrons. The lowest BCUT2D eigenvalue weighted by Crippen LogP contribution is -2.35. The van der Waals surface area contributed by atoms with E-state index in [1.165, 1.54) is 11.8 Å². The molecule has 7 nitrogen and oxygen atoms in total. The number of amides is 1. The minimum absolute atomic E-state index is 0.0122. The monoisotopic (exact) mass is 440 g/mol. The zero-order valence-corrected chi connectivity index (χ0v) is 19.1. The fourth-order valence-corrected chi connectivity index (χ4v) is 3.99. The van der Waals surface area contributed by atoms with E-state index in [4.69, 9.17) is 9.47 Å². The Morgan fingerprint density at radius 3 is 2.39 bits per heavy atom. The molecule has 0 unspecified atom stereocenters. The van der Waals surface area contributed by atoms with Crippen LogP contribution in [-0.4, -0.2) is 46.7 Å². The first-order chi connectivity index (χ1) is 15.1. The zero-order chi connectivity index (χ0) is 22.2. The number of nitrogens with zero attached hydrogens (tertiary/aromatic N) is 3. The SMILES string of the molecule is CCC(CC)NC(=O)CSc1nnc(-c2ccccc2)n1-c1ccc(OC)c(OC)c1. The maximum absolute atomic E-state index is 12.4. The fraction of sp³-hybridized carbons (Fsp3) is 0.348. The van der Waals surface area contributed by atoms with Gasteiger partial charge in [-0.15, -0.1) is 10.2 Å². The first kappa shape index (κ1) is 22.7. The van der Waals surface area contributed by atoms with Gasteiger partial charge in [0.1, 0.15) is 0 Å². The van der Waals surface area contributed by atoms with Gasteiger partial charge in [0.25, 0.3) is 0 Å². The summed E-state index contributed by atoms with van der Waals surface area (Å²) in [5.74, 6) is 2.18. The van der Waals surface area contributed by atoms with Crippen molar-refractivity contribution in [2.45, 2.75) is 37.9 Å². The molecule has 1 N–H and O–H groups in total. The van der Waals surface area contributed by atoms with Crippen molar-refractivity contribution >= 4 is 17.7 Å². The smallest absolute Gasteiger partial charge is 0.230 e. The molecule has 0 bridgehead atoms. The van der Waals surface area contributed by atoms with E-state index in [-0.39, 0.29) is 17.7 Å². The van der Waals surface area contributed by atoms with E-state index in [1.54, 1.807) is 14.2 Å². The summed E-state index contributed by atoms with van der Waals surface area (Å²) in [6.07, 6.45) is 1.82. The van der Waals surface area contributed by atoms with Crippen LogP contribution in [-0.2, 0) is 4.79 Å². The average molecular weight is 441 g/mol. The van der Waals surface area contributed by atoms with Crippen LogP contribution in [0.5, 0.6) is 11.5 Å². The van der Waals surface area contributed by atoms with Crippen LogP contribution < -0.4 is 14.8 Å². The molecule has 0 saturated carbocycles. The number of aromatic nitrogens is 3. The van der Waals surface area contributed by atoms with Gasteiger partial charge in [0.2, 0.25) is 5.91 Å². The van der Waals surface area contributed by atoms with Crippen molar-refractivity contribution in [3.63, 3.8) is 0 Å². The summed E-state index contributed by atoms with van der Waals surface area (Å²) in [4.78, 5) is 12.4. The van der Waals surface area contributed by atoms with Gasteiger partial charge in [-0.2, -0.15) is 0 Å². The van der Waals surface area contributed by atoms with Crippen LogP contribution in [0.25, 0.3) is 17.1 Å². The minimum Gasteiger partial charge on any atom is -0.493 e. The normalized spacial score (nSPS) is 10.9. The number of carbonyl (C=O) groups is 1. The van der Waals surface area contributed by atoms with Gasteiger partial charge in [0, 0.05) is 17.7 Å². The van der Waals surface area contributed by atoms with Crippen molar-refractivity contribution in [3.05, 3.63) is 48.5 Å². The largest absolute Gasteiger partial charge is 0.493 e. The molecule has 0 aliphatic rings. The fourth-order valence-electron chi connectivity index (χ4n) is 3.23. The predicted octanol–water partition coefficient (Wildman–Crippen LogP) is 4.35. The van der Waals surface area contributed by atoms with Gasteiger partial charge in [-0.25, -0.2) is 0 Å². The molecule has 0 saturated heterocycles. The van der Waals surface area contributed by atoms with Crippen LogP contribution in [0, 0.1) is 0 Å². The van der Waals surface area contributed by atoms with Crippen molar-refractivity contribution in [1.82, 2.24) is 20.1 Å². The Labute approximate surface area is 187 Å². The second-order valence-corrected chi connectivity index (χ2v) is 7.86. The molecule has 0 atom stereocenters. The Morgan fingerprint density at radius 2 is 1.74 bits per heavy atom. The molecule has 0 aliphatic carbocycles. The molecular formula is C23H28N4O3S. The summed E-state index contributed by atoms with van der Waals surface area (Å²) < 4.78 is 12.8. The molecule has 8 heteroatoms.